The number of carbonyl (C=O) groups is 2. The van der Waals surface area contributed by atoms with Gasteiger partial charge in [0.25, 0.3) is 11.8 Å². The Hall–Kier alpha value is -2.21. The molecule has 1 aromatic heterocycles. The van der Waals surface area contributed by atoms with E-state index in [0.29, 0.717) is 21.3 Å². The zero-order valence-electron chi connectivity index (χ0n) is 14.6. The van der Waals surface area contributed by atoms with E-state index in [-0.39, 0.29) is 17.9 Å². The molecule has 2 aromatic rings. The maximum Gasteiger partial charge on any atom is 0.263 e. The molecule has 0 atom stereocenters. The third-order valence-electron chi connectivity index (χ3n) is 4.48. The van der Waals surface area contributed by atoms with Gasteiger partial charge in [-0.2, -0.15) is 0 Å². The summed E-state index contributed by atoms with van der Waals surface area (Å²) in [5.74, 6) is -0.300. The second kappa shape index (κ2) is 7.78. The quantitative estimate of drug-likeness (QED) is 0.866. The lowest BCUT2D eigenvalue weighted by Crippen LogP contribution is -2.36. The first kappa shape index (κ1) is 17.6. The van der Waals surface area contributed by atoms with Crippen LogP contribution in [0.3, 0.4) is 0 Å². The molecule has 0 unspecified atom stereocenters. The van der Waals surface area contributed by atoms with Crippen molar-refractivity contribution >= 4 is 28.3 Å². The Morgan fingerprint density at radius 1 is 1.04 bits per heavy atom. The molecule has 0 radical (unpaired) electrons. The van der Waals surface area contributed by atoms with Gasteiger partial charge in [0.2, 0.25) is 0 Å². The van der Waals surface area contributed by atoms with Crippen LogP contribution in [-0.2, 0) is 0 Å². The molecule has 132 valence electrons. The van der Waals surface area contributed by atoms with Gasteiger partial charge in [0.1, 0.15) is 4.88 Å². The fourth-order valence-electron chi connectivity index (χ4n) is 3.03. The number of hydrogen-bond acceptors (Lipinski definition) is 4. The lowest BCUT2D eigenvalue weighted by molar-refractivity contribution is 0.0930. The SMILES string of the molecule is Cc1ccc(C(=O)Nc2nc(C)c(C(=O)NC3CCCCC3)s2)cc1. The normalized spacial score (nSPS) is 15.0. The van der Waals surface area contributed by atoms with Crippen LogP contribution >= 0.6 is 11.3 Å². The predicted molar refractivity (Wildman–Crippen MR) is 100 cm³/mol. The summed E-state index contributed by atoms with van der Waals surface area (Å²) in [6, 6.07) is 7.60. The van der Waals surface area contributed by atoms with Crippen molar-refractivity contribution in [2.45, 2.75) is 52.0 Å². The molecule has 3 rings (SSSR count). The van der Waals surface area contributed by atoms with Crippen molar-refractivity contribution in [1.82, 2.24) is 10.3 Å². The highest BCUT2D eigenvalue weighted by molar-refractivity contribution is 7.17. The third kappa shape index (κ3) is 4.45. The average Bonchev–Trinajstić information content (AvgIpc) is 2.96. The highest BCUT2D eigenvalue weighted by Crippen LogP contribution is 2.24. The van der Waals surface area contributed by atoms with E-state index in [1.54, 1.807) is 19.1 Å². The lowest BCUT2D eigenvalue weighted by atomic mass is 9.95. The Bertz CT molecular complexity index is 761. The maximum atomic E-state index is 12.5. The number of rotatable bonds is 4. The number of amides is 2. The second-order valence-electron chi connectivity index (χ2n) is 6.56. The molecule has 2 N–H and O–H groups in total. The van der Waals surface area contributed by atoms with Crippen LogP contribution in [0.15, 0.2) is 24.3 Å². The van der Waals surface area contributed by atoms with Crippen molar-refractivity contribution < 1.29 is 9.59 Å². The van der Waals surface area contributed by atoms with Crippen molar-refractivity contribution in [2.75, 3.05) is 5.32 Å². The summed E-state index contributed by atoms with van der Waals surface area (Å²) in [4.78, 5) is 29.7. The van der Waals surface area contributed by atoms with E-state index in [0.717, 1.165) is 18.4 Å². The fourth-order valence-corrected chi connectivity index (χ4v) is 3.90. The maximum absolute atomic E-state index is 12.5. The molecule has 0 spiro atoms. The molecule has 0 bridgehead atoms. The van der Waals surface area contributed by atoms with Crippen LogP contribution in [0.1, 0.15) is 63.4 Å². The highest BCUT2D eigenvalue weighted by atomic mass is 32.1. The van der Waals surface area contributed by atoms with Gasteiger partial charge in [0, 0.05) is 11.6 Å². The van der Waals surface area contributed by atoms with E-state index in [2.05, 4.69) is 15.6 Å². The monoisotopic (exact) mass is 357 g/mol. The van der Waals surface area contributed by atoms with Crippen LogP contribution in [0, 0.1) is 13.8 Å². The summed E-state index contributed by atoms with van der Waals surface area (Å²) in [7, 11) is 0. The number of benzene rings is 1. The van der Waals surface area contributed by atoms with E-state index in [1.165, 1.54) is 30.6 Å². The first-order chi connectivity index (χ1) is 12.0. The van der Waals surface area contributed by atoms with Gasteiger partial charge < -0.3 is 5.32 Å². The third-order valence-corrected chi connectivity index (χ3v) is 5.55. The van der Waals surface area contributed by atoms with Gasteiger partial charge in [-0.15, -0.1) is 0 Å². The average molecular weight is 357 g/mol. The summed E-state index contributed by atoms with van der Waals surface area (Å²) in [5, 5.41) is 6.34. The molecule has 1 aromatic carbocycles. The number of nitrogens with zero attached hydrogens (tertiary/aromatic N) is 1. The number of aryl methyl sites for hydroxylation is 2. The number of anilines is 1. The Balaban J connectivity index is 1.66. The standard InChI is InChI=1S/C19H23N3O2S/c1-12-8-10-14(11-9-12)17(23)22-19-20-13(2)16(25-19)18(24)21-15-6-4-3-5-7-15/h8-11,15H,3-7H2,1-2H3,(H,21,24)(H,20,22,23). The predicted octanol–water partition coefficient (Wildman–Crippen LogP) is 4.07. The second-order valence-corrected chi connectivity index (χ2v) is 7.56. The minimum absolute atomic E-state index is 0.0854. The van der Waals surface area contributed by atoms with Gasteiger partial charge in [-0.1, -0.05) is 48.3 Å². The zero-order chi connectivity index (χ0) is 17.8. The molecule has 6 heteroatoms. The molecular weight excluding hydrogens is 334 g/mol. The van der Waals surface area contributed by atoms with E-state index in [1.807, 2.05) is 19.1 Å². The molecule has 25 heavy (non-hydrogen) atoms. The smallest absolute Gasteiger partial charge is 0.263 e. The van der Waals surface area contributed by atoms with Gasteiger partial charge in [0.05, 0.1) is 5.69 Å². The van der Waals surface area contributed by atoms with Gasteiger partial charge in [0.15, 0.2) is 5.13 Å². The molecule has 0 aliphatic heterocycles. The molecule has 1 heterocycles. The molecule has 1 aliphatic rings. The molecule has 1 fully saturated rings. The molecule has 1 aliphatic carbocycles. The van der Waals surface area contributed by atoms with Crippen molar-refractivity contribution in [3.63, 3.8) is 0 Å². The van der Waals surface area contributed by atoms with Crippen molar-refractivity contribution in [3.05, 3.63) is 46.0 Å². The van der Waals surface area contributed by atoms with Crippen LogP contribution in [0.5, 0.6) is 0 Å². The summed E-state index contributed by atoms with van der Waals surface area (Å²) in [5.41, 5.74) is 2.33. The van der Waals surface area contributed by atoms with Crippen molar-refractivity contribution in [3.8, 4) is 0 Å². The number of thiazole rings is 1. The topological polar surface area (TPSA) is 71.1 Å². The molecule has 2 amide bonds. The minimum Gasteiger partial charge on any atom is -0.349 e. The van der Waals surface area contributed by atoms with Crippen LogP contribution in [-0.4, -0.2) is 22.8 Å². The van der Waals surface area contributed by atoms with Gasteiger partial charge >= 0.3 is 0 Å². The summed E-state index contributed by atoms with van der Waals surface area (Å²) >= 11 is 1.23. The first-order valence-corrected chi connectivity index (χ1v) is 9.51. The number of carbonyl (C=O) groups excluding carboxylic acids is 2. The number of aromatic nitrogens is 1. The molecule has 5 nitrogen and oxygen atoms in total. The van der Waals surface area contributed by atoms with Crippen LogP contribution < -0.4 is 10.6 Å². The molecule has 1 saturated carbocycles. The number of nitrogens with one attached hydrogen (secondary N) is 2. The Labute approximate surface area is 151 Å². The van der Waals surface area contributed by atoms with Gasteiger partial charge in [-0.3, -0.25) is 14.9 Å². The van der Waals surface area contributed by atoms with Crippen LogP contribution in [0.4, 0.5) is 5.13 Å². The van der Waals surface area contributed by atoms with Crippen LogP contribution in [0.2, 0.25) is 0 Å². The van der Waals surface area contributed by atoms with Crippen LogP contribution in [0.25, 0.3) is 0 Å². The van der Waals surface area contributed by atoms with Crippen molar-refractivity contribution in [2.24, 2.45) is 0 Å². The highest BCUT2D eigenvalue weighted by Gasteiger charge is 2.21. The minimum atomic E-state index is -0.215. The molecule has 0 saturated heterocycles. The summed E-state index contributed by atoms with van der Waals surface area (Å²) < 4.78 is 0. The summed E-state index contributed by atoms with van der Waals surface area (Å²) in [6.45, 7) is 3.77. The Morgan fingerprint density at radius 3 is 2.40 bits per heavy atom. The lowest BCUT2D eigenvalue weighted by Gasteiger charge is -2.22. The van der Waals surface area contributed by atoms with E-state index in [4.69, 9.17) is 0 Å². The Kier molecular flexibility index (Phi) is 5.48. The number of hydrogen-bond donors (Lipinski definition) is 2. The summed E-state index contributed by atoms with van der Waals surface area (Å²) in [6.07, 6.45) is 5.68. The molecular formula is C19H23N3O2S. The van der Waals surface area contributed by atoms with E-state index >= 15 is 0 Å². The zero-order valence-corrected chi connectivity index (χ0v) is 15.4. The van der Waals surface area contributed by atoms with E-state index < -0.39 is 0 Å². The fraction of sp³-hybridized carbons (Fsp3) is 0.421. The van der Waals surface area contributed by atoms with E-state index in [9.17, 15) is 9.59 Å². The largest absolute Gasteiger partial charge is 0.349 e. The first-order valence-electron chi connectivity index (χ1n) is 8.69. The van der Waals surface area contributed by atoms with Gasteiger partial charge in [-0.25, -0.2) is 4.98 Å². The van der Waals surface area contributed by atoms with Crippen molar-refractivity contribution in [1.29, 1.82) is 0 Å². The Morgan fingerprint density at radius 2 is 1.72 bits per heavy atom. The van der Waals surface area contributed by atoms with Gasteiger partial charge in [-0.05, 0) is 38.8 Å².